The van der Waals surface area contributed by atoms with Crippen molar-refractivity contribution in [2.45, 2.75) is 32.7 Å². The van der Waals surface area contributed by atoms with E-state index in [-0.39, 0.29) is 0 Å². The molecule has 0 spiro atoms. The summed E-state index contributed by atoms with van der Waals surface area (Å²) in [6.07, 6.45) is 3.50. The standard InChI is InChI=1S/C9H15Si/c1-6-5-9(4,10)8(3)7(6)2/h1-4,10H3. The summed E-state index contributed by atoms with van der Waals surface area (Å²) in [6, 6.07) is 0. The molecule has 0 heterocycles. The van der Waals surface area contributed by atoms with Gasteiger partial charge in [0.1, 0.15) is 0 Å². The third-order valence-electron chi connectivity index (χ3n) is 2.56. The van der Waals surface area contributed by atoms with Gasteiger partial charge in [0.05, 0.1) is 0 Å². The van der Waals surface area contributed by atoms with Crippen LogP contribution in [0.1, 0.15) is 27.7 Å². The van der Waals surface area contributed by atoms with Gasteiger partial charge >= 0.3 is 0 Å². The van der Waals surface area contributed by atoms with Crippen LogP contribution >= 0.6 is 0 Å². The monoisotopic (exact) mass is 151 g/mol. The lowest BCUT2D eigenvalue weighted by Gasteiger charge is -2.16. The molecule has 1 radical (unpaired) electrons. The third kappa shape index (κ3) is 0.987. The Bertz CT molecular complexity index is 219. The second-order valence-electron chi connectivity index (χ2n) is 3.62. The van der Waals surface area contributed by atoms with Crippen molar-refractivity contribution in [2.75, 3.05) is 0 Å². The first kappa shape index (κ1) is 7.80. The first-order valence-electron chi connectivity index (χ1n) is 3.75. The lowest BCUT2D eigenvalue weighted by molar-refractivity contribution is 0.879. The van der Waals surface area contributed by atoms with Crippen molar-refractivity contribution in [2.24, 2.45) is 0 Å². The van der Waals surface area contributed by atoms with Crippen LogP contribution in [-0.4, -0.2) is 10.2 Å². The minimum Gasteiger partial charge on any atom is -0.0636 e. The van der Waals surface area contributed by atoms with E-state index in [0.717, 1.165) is 0 Å². The maximum atomic E-state index is 3.50. The van der Waals surface area contributed by atoms with Crippen LogP contribution in [-0.2, 0) is 0 Å². The lowest BCUT2D eigenvalue weighted by Crippen LogP contribution is -2.03. The van der Waals surface area contributed by atoms with Crippen molar-refractivity contribution in [3.05, 3.63) is 22.8 Å². The van der Waals surface area contributed by atoms with Crippen LogP contribution in [0.5, 0.6) is 0 Å². The van der Waals surface area contributed by atoms with Crippen molar-refractivity contribution in [3.63, 3.8) is 0 Å². The summed E-state index contributed by atoms with van der Waals surface area (Å²) in [4.78, 5) is 0. The van der Waals surface area contributed by atoms with Crippen LogP contribution in [0.25, 0.3) is 0 Å². The van der Waals surface area contributed by atoms with Gasteiger partial charge in [-0.1, -0.05) is 12.5 Å². The van der Waals surface area contributed by atoms with Crippen LogP contribution in [0, 0.1) is 6.08 Å². The predicted molar refractivity (Wildman–Crippen MR) is 49.1 cm³/mol. The van der Waals surface area contributed by atoms with E-state index in [1.807, 2.05) is 0 Å². The SMILES string of the molecule is CC1=[C]C(C)([SiH3])C(C)=C1C. The van der Waals surface area contributed by atoms with Gasteiger partial charge in [0.15, 0.2) is 0 Å². The molecule has 1 unspecified atom stereocenters. The molecule has 1 heteroatoms. The Morgan fingerprint density at radius 3 is 1.90 bits per heavy atom. The van der Waals surface area contributed by atoms with Crippen molar-refractivity contribution >= 4 is 10.2 Å². The van der Waals surface area contributed by atoms with E-state index in [1.165, 1.54) is 27.0 Å². The molecule has 1 atom stereocenters. The fourth-order valence-electron chi connectivity index (χ4n) is 1.41. The number of hydrogen-bond acceptors (Lipinski definition) is 0. The lowest BCUT2D eigenvalue weighted by atomic mass is 10.0. The molecule has 10 heavy (non-hydrogen) atoms. The van der Waals surface area contributed by atoms with E-state index < -0.39 is 0 Å². The third-order valence-corrected chi connectivity index (χ3v) is 3.56. The molecular formula is C9H15Si. The van der Waals surface area contributed by atoms with Crippen LogP contribution in [0.4, 0.5) is 0 Å². The molecular weight excluding hydrogens is 136 g/mol. The Kier molecular flexibility index (Phi) is 1.63. The fourth-order valence-corrected chi connectivity index (χ4v) is 2.16. The molecule has 0 fully saturated rings. The Balaban J connectivity index is 3.12. The summed E-state index contributed by atoms with van der Waals surface area (Å²) >= 11 is 0. The highest BCUT2D eigenvalue weighted by Crippen LogP contribution is 2.42. The minimum absolute atomic E-state index is 0.328. The van der Waals surface area contributed by atoms with E-state index in [4.69, 9.17) is 0 Å². The molecule has 0 aliphatic heterocycles. The molecule has 1 aliphatic carbocycles. The Morgan fingerprint density at radius 2 is 1.80 bits per heavy atom. The largest absolute Gasteiger partial charge is 0.0636 e. The van der Waals surface area contributed by atoms with Gasteiger partial charge in [-0.15, -0.1) is 0 Å². The molecule has 0 N–H and O–H groups in total. The maximum Gasteiger partial charge on any atom is 0.0210 e. The molecule has 1 aliphatic rings. The van der Waals surface area contributed by atoms with E-state index in [1.54, 1.807) is 0 Å². The average Bonchev–Trinajstić information content (AvgIpc) is 1.95. The zero-order valence-electron chi connectivity index (χ0n) is 7.50. The van der Waals surface area contributed by atoms with Gasteiger partial charge < -0.3 is 0 Å². The molecule has 0 aromatic rings. The van der Waals surface area contributed by atoms with Crippen molar-refractivity contribution in [1.82, 2.24) is 0 Å². The fraction of sp³-hybridized carbons (Fsp3) is 0.556. The average molecular weight is 151 g/mol. The number of rotatable bonds is 0. The number of allylic oxidation sites excluding steroid dienone is 4. The van der Waals surface area contributed by atoms with Gasteiger partial charge in [0, 0.05) is 10.2 Å². The zero-order chi connectivity index (χ0) is 7.94. The van der Waals surface area contributed by atoms with Gasteiger partial charge in [-0.2, -0.15) is 0 Å². The van der Waals surface area contributed by atoms with E-state index >= 15 is 0 Å². The minimum atomic E-state index is 0.328. The van der Waals surface area contributed by atoms with E-state index in [0.29, 0.717) is 5.04 Å². The second-order valence-corrected chi connectivity index (χ2v) is 5.62. The van der Waals surface area contributed by atoms with Crippen molar-refractivity contribution in [1.29, 1.82) is 0 Å². The maximum absolute atomic E-state index is 3.50. The summed E-state index contributed by atoms with van der Waals surface area (Å²) in [5.41, 5.74) is 4.34. The summed E-state index contributed by atoms with van der Waals surface area (Å²) in [7, 11) is 1.18. The van der Waals surface area contributed by atoms with Crippen LogP contribution in [0.3, 0.4) is 0 Å². The highest BCUT2D eigenvalue weighted by atomic mass is 28.1. The van der Waals surface area contributed by atoms with Crippen LogP contribution in [0.15, 0.2) is 16.7 Å². The Labute approximate surface area is 66.4 Å². The van der Waals surface area contributed by atoms with Gasteiger partial charge in [-0.3, -0.25) is 0 Å². The van der Waals surface area contributed by atoms with Gasteiger partial charge in [-0.05, 0) is 43.0 Å². The van der Waals surface area contributed by atoms with Crippen molar-refractivity contribution in [3.8, 4) is 0 Å². The first-order chi connectivity index (χ1) is 4.45. The summed E-state index contributed by atoms with van der Waals surface area (Å²) in [5, 5.41) is 0.328. The summed E-state index contributed by atoms with van der Waals surface area (Å²) in [6.45, 7) is 8.85. The second kappa shape index (κ2) is 2.09. The van der Waals surface area contributed by atoms with Crippen molar-refractivity contribution < 1.29 is 0 Å². The molecule has 0 amide bonds. The zero-order valence-corrected chi connectivity index (χ0v) is 9.50. The molecule has 55 valence electrons. The highest BCUT2D eigenvalue weighted by molar-refractivity contribution is 6.18. The Morgan fingerprint density at radius 1 is 1.30 bits per heavy atom. The molecule has 0 nitrogen and oxygen atoms in total. The van der Waals surface area contributed by atoms with E-state index in [2.05, 4.69) is 33.8 Å². The topological polar surface area (TPSA) is 0 Å². The first-order valence-corrected chi connectivity index (χ1v) is 4.75. The van der Waals surface area contributed by atoms with Crippen LogP contribution < -0.4 is 0 Å². The highest BCUT2D eigenvalue weighted by Gasteiger charge is 2.25. The molecule has 0 aromatic carbocycles. The molecule has 1 rings (SSSR count). The van der Waals surface area contributed by atoms with Crippen LogP contribution in [0.2, 0.25) is 5.04 Å². The molecule has 0 bridgehead atoms. The number of hydrogen-bond donors (Lipinski definition) is 0. The summed E-state index contributed by atoms with van der Waals surface area (Å²) in [5.74, 6) is 0. The molecule has 0 saturated heterocycles. The van der Waals surface area contributed by atoms with Gasteiger partial charge in [0.2, 0.25) is 0 Å². The molecule has 0 aromatic heterocycles. The molecule has 0 saturated carbocycles. The van der Waals surface area contributed by atoms with Gasteiger partial charge in [-0.25, -0.2) is 0 Å². The normalized spacial score (nSPS) is 33.4. The predicted octanol–water partition coefficient (Wildman–Crippen LogP) is 1.63. The summed E-state index contributed by atoms with van der Waals surface area (Å²) < 4.78 is 0. The van der Waals surface area contributed by atoms with Gasteiger partial charge in [0.25, 0.3) is 0 Å². The Hall–Kier alpha value is -0.303. The smallest absolute Gasteiger partial charge is 0.0210 e. The van der Waals surface area contributed by atoms with E-state index in [9.17, 15) is 0 Å². The quantitative estimate of drug-likeness (QED) is 0.462.